The second-order valence-electron chi connectivity index (χ2n) is 2.87. The molecule has 0 radical (unpaired) electrons. The molecular formula is C11H11NO2. The third-order valence-corrected chi connectivity index (χ3v) is 1.76. The molecule has 0 saturated heterocycles. The number of allylic oxidation sites excluding steroid dienone is 1. The number of benzene rings is 1. The maximum Gasteiger partial charge on any atom is 0.161 e. The molecule has 0 heterocycles. The van der Waals surface area contributed by atoms with Gasteiger partial charge in [-0.2, -0.15) is 5.26 Å². The van der Waals surface area contributed by atoms with Gasteiger partial charge >= 0.3 is 0 Å². The van der Waals surface area contributed by atoms with Gasteiger partial charge in [0.15, 0.2) is 11.5 Å². The van der Waals surface area contributed by atoms with Crippen molar-refractivity contribution in [3.63, 3.8) is 0 Å². The van der Waals surface area contributed by atoms with Crippen LogP contribution in [-0.4, -0.2) is 12.2 Å². The van der Waals surface area contributed by atoms with E-state index in [2.05, 4.69) is 0 Å². The molecule has 1 aromatic rings. The fraction of sp³-hybridized carbons (Fsp3) is 0.182. The van der Waals surface area contributed by atoms with Gasteiger partial charge in [0.2, 0.25) is 0 Å². The third kappa shape index (κ3) is 2.27. The number of aromatic hydroxyl groups is 1. The SMILES string of the molecule is COc1cc(/C=C(/C)C#N)ccc1O. The summed E-state index contributed by atoms with van der Waals surface area (Å²) in [6.07, 6.45) is 1.72. The van der Waals surface area contributed by atoms with Crippen molar-refractivity contribution in [2.45, 2.75) is 6.92 Å². The van der Waals surface area contributed by atoms with Crippen LogP contribution in [0.25, 0.3) is 6.08 Å². The van der Waals surface area contributed by atoms with Crippen LogP contribution in [0.15, 0.2) is 23.8 Å². The molecule has 0 aliphatic rings. The van der Waals surface area contributed by atoms with Gasteiger partial charge in [-0.3, -0.25) is 0 Å². The first kappa shape index (κ1) is 10.1. The lowest BCUT2D eigenvalue weighted by molar-refractivity contribution is 0.373. The van der Waals surface area contributed by atoms with Gasteiger partial charge < -0.3 is 9.84 Å². The highest BCUT2D eigenvalue weighted by molar-refractivity contribution is 5.59. The first-order valence-electron chi connectivity index (χ1n) is 4.12. The van der Waals surface area contributed by atoms with Crippen molar-refractivity contribution in [3.05, 3.63) is 29.3 Å². The summed E-state index contributed by atoms with van der Waals surface area (Å²) in [6.45, 7) is 1.72. The predicted octanol–water partition coefficient (Wildman–Crippen LogP) is 2.33. The van der Waals surface area contributed by atoms with Crippen LogP contribution in [0.4, 0.5) is 0 Å². The van der Waals surface area contributed by atoms with Crippen LogP contribution in [0.5, 0.6) is 11.5 Å². The molecule has 0 amide bonds. The largest absolute Gasteiger partial charge is 0.504 e. The van der Waals surface area contributed by atoms with E-state index >= 15 is 0 Å². The molecule has 0 bridgehead atoms. The normalized spacial score (nSPS) is 10.8. The summed E-state index contributed by atoms with van der Waals surface area (Å²) in [4.78, 5) is 0. The summed E-state index contributed by atoms with van der Waals surface area (Å²) >= 11 is 0. The van der Waals surface area contributed by atoms with Gasteiger partial charge in [-0.05, 0) is 30.7 Å². The van der Waals surface area contributed by atoms with Crippen LogP contribution in [0.2, 0.25) is 0 Å². The lowest BCUT2D eigenvalue weighted by Crippen LogP contribution is -1.84. The minimum Gasteiger partial charge on any atom is -0.504 e. The zero-order valence-electron chi connectivity index (χ0n) is 8.11. The third-order valence-electron chi connectivity index (χ3n) is 1.76. The highest BCUT2D eigenvalue weighted by Gasteiger charge is 2.00. The summed E-state index contributed by atoms with van der Waals surface area (Å²) in [5.41, 5.74) is 1.44. The molecule has 3 nitrogen and oxygen atoms in total. The van der Waals surface area contributed by atoms with E-state index in [-0.39, 0.29) is 5.75 Å². The van der Waals surface area contributed by atoms with Gasteiger partial charge in [0.1, 0.15) is 0 Å². The molecule has 0 aliphatic carbocycles. The number of ether oxygens (including phenoxy) is 1. The van der Waals surface area contributed by atoms with E-state index in [1.165, 1.54) is 13.2 Å². The zero-order valence-corrected chi connectivity index (χ0v) is 8.11. The first-order valence-corrected chi connectivity index (χ1v) is 4.12. The standard InChI is InChI=1S/C11H11NO2/c1-8(7-12)5-9-3-4-10(13)11(6-9)14-2/h3-6,13H,1-2H3/b8-5-. The van der Waals surface area contributed by atoms with Gasteiger partial charge in [0, 0.05) is 5.57 Å². The van der Waals surface area contributed by atoms with Gasteiger partial charge in [0.25, 0.3) is 0 Å². The van der Waals surface area contributed by atoms with E-state index in [4.69, 9.17) is 10.00 Å². The molecule has 0 spiro atoms. The molecule has 0 atom stereocenters. The number of nitriles is 1. The van der Waals surface area contributed by atoms with Gasteiger partial charge in [-0.1, -0.05) is 6.07 Å². The maximum atomic E-state index is 9.32. The quantitative estimate of drug-likeness (QED) is 0.726. The van der Waals surface area contributed by atoms with Crippen molar-refractivity contribution in [3.8, 4) is 17.6 Å². The summed E-state index contributed by atoms with van der Waals surface area (Å²) in [7, 11) is 1.49. The Kier molecular flexibility index (Phi) is 3.14. The van der Waals surface area contributed by atoms with E-state index in [0.29, 0.717) is 11.3 Å². The molecule has 0 unspecified atom stereocenters. The molecule has 14 heavy (non-hydrogen) atoms. The Hall–Kier alpha value is -1.95. The Balaban J connectivity index is 3.08. The van der Waals surface area contributed by atoms with Crippen LogP contribution in [0, 0.1) is 11.3 Å². The highest BCUT2D eigenvalue weighted by Crippen LogP contribution is 2.27. The number of methoxy groups -OCH3 is 1. The molecule has 1 N–H and O–H groups in total. The molecule has 72 valence electrons. The lowest BCUT2D eigenvalue weighted by atomic mass is 10.1. The van der Waals surface area contributed by atoms with Crippen molar-refractivity contribution in [2.75, 3.05) is 7.11 Å². The van der Waals surface area contributed by atoms with Crippen LogP contribution in [-0.2, 0) is 0 Å². The van der Waals surface area contributed by atoms with E-state index in [9.17, 15) is 5.11 Å². The zero-order chi connectivity index (χ0) is 10.6. The number of phenols is 1. The molecule has 3 heteroatoms. The van der Waals surface area contributed by atoms with E-state index in [1.807, 2.05) is 6.07 Å². The van der Waals surface area contributed by atoms with E-state index < -0.39 is 0 Å². The molecule has 1 aromatic carbocycles. The number of rotatable bonds is 2. The topological polar surface area (TPSA) is 53.2 Å². The predicted molar refractivity (Wildman–Crippen MR) is 53.9 cm³/mol. The minimum atomic E-state index is 0.0965. The molecule has 0 aromatic heterocycles. The van der Waals surface area contributed by atoms with Crippen LogP contribution in [0.1, 0.15) is 12.5 Å². The van der Waals surface area contributed by atoms with Crippen LogP contribution < -0.4 is 4.74 Å². The summed E-state index contributed by atoms with van der Waals surface area (Å²) in [5, 5.41) is 17.9. The Labute approximate surface area is 82.9 Å². The average molecular weight is 189 g/mol. The second kappa shape index (κ2) is 4.33. The summed E-state index contributed by atoms with van der Waals surface area (Å²) in [6, 6.07) is 6.96. The fourth-order valence-corrected chi connectivity index (χ4v) is 1.07. The van der Waals surface area contributed by atoms with Crippen molar-refractivity contribution >= 4 is 6.08 Å². The highest BCUT2D eigenvalue weighted by atomic mass is 16.5. The van der Waals surface area contributed by atoms with Crippen molar-refractivity contribution in [2.24, 2.45) is 0 Å². The maximum absolute atomic E-state index is 9.32. The van der Waals surface area contributed by atoms with Crippen molar-refractivity contribution < 1.29 is 9.84 Å². The average Bonchev–Trinajstić information content (AvgIpc) is 2.20. The van der Waals surface area contributed by atoms with Gasteiger partial charge in [-0.25, -0.2) is 0 Å². The fourth-order valence-electron chi connectivity index (χ4n) is 1.07. The summed E-state index contributed by atoms with van der Waals surface area (Å²) in [5.74, 6) is 0.503. The Morgan fingerprint density at radius 3 is 2.86 bits per heavy atom. The smallest absolute Gasteiger partial charge is 0.161 e. The number of hydrogen-bond acceptors (Lipinski definition) is 3. The molecule has 0 saturated carbocycles. The molecular weight excluding hydrogens is 178 g/mol. The second-order valence-corrected chi connectivity index (χ2v) is 2.87. The summed E-state index contributed by atoms with van der Waals surface area (Å²) < 4.78 is 4.94. The number of phenolic OH excluding ortho intramolecular Hbond substituents is 1. The van der Waals surface area contributed by atoms with Gasteiger partial charge in [0.05, 0.1) is 13.2 Å². The van der Waals surface area contributed by atoms with Crippen molar-refractivity contribution in [1.82, 2.24) is 0 Å². The van der Waals surface area contributed by atoms with Crippen LogP contribution in [0.3, 0.4) is 0 Å². The Bertz CT molecular complexity index is 402. The van der Waals surface area contributed by atoms with E-state index in [1.54, 1.807) is 25.1 Å². The molecule has 0 fully saturated rings. The molecule has 1 rings (SSSR count). The number of hydrogen-bond donors (Lipinski definition) is 1. The first-order chi connectivity index (χ1) is 6.67. The Morgan fingerprint density at radius 1 is 1.57 bits per heavy atom. The Morgan fingerprint density at radius 2 is 2.29 bits per heavy atom. The monoisotopic (exact) mass is 189 g/mol. The lowest BCUT2D eigenvalue weighted by Gasteiger charge is -2.03. The van der Waals surface area contributed by atoms with Crippen molar-refractivity contribution in [1.29, 1.82) is 5.26 Å². The minimum absolute atomic E-state index is 0.0965. The van der Waals surface area contributed by atoms with Gasteiger partial charge in [-0.15, -0.1) is 0 Å². The van der Waals surface area contributed by atoms with E-state index in [0.717, 1.165) is 5.56 Å². The number of nitrogens with zero attached hydrogens (tertiary/aromatic N) is 1. The van der Waals surface area contributed by atoms with Crippen LogP contribution >= 0.6 is 0 Å². The molecule has 0 aliphatic heterocycles.